The lowest BCUT2D eigenvalue weighted by atomic mass is 10.1. The number of hydrogen-bond donors (Lipinski definition) is 2. The Morgan fingerprint density at radius 2 is 2.18 bits per heavy atom. The van der Waals surface area contributed by atoms with E-state index in [1.54, 1.807) is 11.3 Å². The summed E-state index contributed by atoms with van der Waals surface area (Å²) < 4.78 is 1.20. The summed E-state index contributed by atoms with van der Waals surface area (Å²) in [6.45, 7) is 4.21. The van der Waals surface area contributed by atoms with Crippen LogP contribution in [-0.4, -0.2) is 5.84 Å². The first kappa shape index (κ1) is 11.9. The molecular weight excluding hydrogens is 228 g/mol. The van der Waals surface area contributed by atoms with Crippen LogP contribution in [0.5, 0.6) is 0 Å². The Labute approximate surface area is 105 Å². The summed E-state index contributed by atoms with van der Waals surface area (Å²) in [6, 6.07) is 8.31. The fourth-order valence-electron chi connectivity index (χ4n) is 1.75. The van der Waals surface area contributed by atoms with Crippen LogP contribution < -0.4 is 5.73 Å². The summed E-state index contributed by atoms with van der Waals surface area (Å²) in [4.78, 5) is 0.852. The Morgan fingerprint density at radius 3 is 2.82 bits per heavy atom. The Kier molecular flexibility index (Phi) is 3.29. The van der Waals surface area contributed by atoms with Gasteiger partial charge in [-0.2, -0.15) is 0 Å². The van der Waals surface area contributed by atoms with Crippen molar-refractivity contribution in [1.29, 1.82) is 5.41 Å². The molecule has 88 valence electrons. The number of benzene rings is 1. The summed E-state index contributed by atoms with van der Waals surface area (Å²) in [7, 11) is 0. The molecule has 1 aromatic heterocycles. The molecule has 0 saturated heterocycles. The van der Waals surface area contributed by atoms with E-state index in [0.29, 0.717) is 0 Å². The highest BCUT2D eigenvalue weighted by Crippen LogP contribution is 2.28. The van der Waals surface area contributed by atoms with E-state index in [2.05, 4.69) is 38.1 Å². The topological polar surface area (TPSA) is 49.9 Å². The van der Waals surface area contributed by atoms with Gasteiger partial charge in [0.1, 0.15) is 5.84 Å². The molecule has 2 rings (SSSR count). The maximum atomic E-state index is 7.48. The molecule has 3 N–H and O–H groups in total. The van der Waals surface area contributed by atoms with Crippen LogP contribution in [-0.2, 0) is 6.42 Å². The first-order valence-electron chi connectivity index (χ1n) is 5.57. The Morgan fingerprint density at radius 1 is 1.41 bits per heavy atom. The lowest BCUT2D eigenvalue weighted by Crippen LogP contribution is -2.08. The van der Waals surface area contributed by atoms with E-state index in [1.807, 2.05) is 6.07 Å². The van der Waals surface area contributed by atoms with Crippen LogP contribution in [0, 0.1) is 5.41 Å². The van der Waals surface area contributed by atoms with Crippen molar-refractivity contribution in [2.24, 2.45) is 5.73 Å². The van der Waals surface area contributed by atoms with Crippen LogP contribution in [0.15, 0.2) is 35.9 Å². The van der Waals surface area contributed by atoms with Gasteiger partial charge in [-0.05, 0) is 43.4 Å². The molecule has 0 saturated carbocycles. The maximum absolute atomic E-state index is 7.48. The fraction of sp³-hybridized carbons (Fsp3) is 0.214. The molecule has 0 amide bonds. The van der Waals surface area contributed by atoms with Crippen molar-refractivity contribution >= 4 is 27.3 Å². The third-order valence-corrected chi connectivity index (χ3v) is 3.78. The Hall–Kier alpha value is -1.61. The van der Waals surface area contributed by atoms with Gasteiger partial charge in [0.2, 0.25) is 0 Å². The third kappa shape index (κ3) is 2.56. The van der Waals surface area contributed by atoms with Gasteiger partial charge in [-0.1, -0.05) is 23.8 Å². The number of nitrogens with two attached hydrogens (primary N) is 1. The summed E-state index contributed by atoms with van der Waals surface area (Å²) in [5.41, 5.74) is 8.15. The quantitative estimate of drug-likeness (QED) is 0.483. The number of amidine groups is 1. The van der Waals surface area contributed by atoms with E-state index < -0.39 is 0 Å². The molecule has 1 aromatic carbocycles. The summed E-state index contributed by atoms with van der Waals surface area (Å²) in [6.07, 6.45) is 3.16. The largest absolute Gasteiger partial charge is 0.383 e. The van der Waals surface area contributed by atoms with Crippen molar-refractivity contribution in [1.82, 2.24) is 0 Å². The zero-order chi connectivity index (χ0) is 12.4. The molecule has 1 heterocycles. The van der Waals surface area contributed by atoms with Gasteiger partial charge in [0, 0.05) is 4.70 Å². The van der Waals surface area contributed by atoms with Crippen molar-refractivity contribution in [3.63, 3.8) is 0 Å². The predicted molar refractivity (Wildman–Crippen MR) is 76.0 cm³/mol. The minimum absolute atomic E-state index is 0.152. The summed E-state index contributed by atoms with van der Waals surface area (Å²) >= 11 is 1.58. The van der Waals surface area contributed by atoms with Gasteiger partial charge in [-0.25, -0.2) is 0 Å². The second kappa shape index (κ2) is 4.72. The lowest BCUT2D eigenvalue weighted by Gasteiger charge is -1.99. The molecule has 2 nitrogen and oxygen atoms in total. The molecule has 2 aromatic rings. The average molecular weight is 244 g/mol. The number of allylic oxidation sites excluding steroid dienone is 2. The predicted octanol–water partition coefficient (Wildman–Crippen LogP) is 3.69. The van der Waals surface area contributed by atoms with Crippen LogP contribution in [0.4, 0.5) is 0 Å². The van der Waals surface area contributed by atoms with E-state index in [-0.39, 0.29) is 5.84 Å². The van der Waals surface area contributed by atoms with Crippen LogP contribution in [0.1, 0.15) is 24.3 Å². The van der Waals surface area contributed by atoms with Crippen molar-refractivity contribution < 1.29 is 0 Å². The molecule has 0 fully saturated rings. The van der Waals surface area contributed by atoms with E-state index in [4.69, 9.17) is 11.1 Å². The smallest absolute Gasteiger partial charge is 0.133 e. The number of thiophene rings is 1. The number of nitrogen functional groups attached to an aromatic ring is 1. The molecule has 0 bridgehead atoms. The van der Waals surface area contributed by atoms with Gasteiger partial charge in [-0.15, -0.1) is 11.3 Å². The monoisotopic (exact) mass is 244 g/mol. The lowest BCUT2D eigenvalue weighted by molar-refractivity contribution is 1.23. The van der Waals surface area contributed by atoms with Gasteiger partial charge in [-0.3, -0.25) is 5.41 Å². The van der Waals surface area contributed by atoms with Crippen molar-refractivity contribution in [3.8, 4) is 0 Å². The molecule has 0 aliphatic heterocycles. The van der Waals surface area contributed by atoms with Gasteiger partial charge in [0.25, 0.3) is 0 Å². The van der Waals surface area contributed by atoms with Crippen LogP contribution >= 0.6 is 11.3 Å². The standard InChI is InChI=1S/C14H16N2S/c1-9(2)6-7-10-4-3-5-12-11(10)8-13(17-12)14(15)16/h3-6,8H,7H2,1-2H3,(H3,15,16). The first-order chi connectivity index (χ1) is 8.08. The highest BCUT2D eigenvalue weighted by atomic mass is 32.1. The summed E-state index contributed by atoms with van der Waals surface area (Å²) in [5.74, 6) is 0.152. The second-order valence-corrected chi connectivity index (χ2v) is 5.42. The van der Waals surface area contributed by atoms with Crippen molar-refractivity contribution in [2.75, 3.05) is 0 Å². The molecule has 0 unspecified atom stereocenters. The minimum atomic E-state index is 0.152. The van der Waals surface area contributed by atoms with E-state index >= 15 is 0 Å². The SMILES string of the molecule is CC(C)=CCc1cccc2sc(C(=N)N)cc12. The highest BCUT2D eigenvalue weighted by Gasteiger charge is 2.06. The average Bonchev–Trinajstić information content (AvgIpc) is 2.70. The number of fused-ring (bicyclic) bond motifs is 1. The maximum Gasteiger partial charge on any atom is 0.133 e. The van der Waals surface area contributed by atoms with E-state index in [9.17, 15) is 0 Å². The van der Waals surface area contributed by atoms with Gasteiger partial charge in [0.15, 0.2) is 0 Å². The van der Waals surface area contributed by atoms with Crippen molar-refractivity contribution in [2.45, 2.75) is 20.3 Å². The van der Waals surface area contributed by atoms with Crippen LogP contribution in [0.25, 0.3) is 10.1 Å². The Bertz CT molecular complexity index is 589. The van der Waals surface area contributed by atoms with Gasteiger partial charge >= 0.3 is 0 Å². The Balaban J connectivity index is 2.49. The minimum Gasteiger partial charge on any atom is -0.383 e. The molecule has 0 spiro atoms. The zero-order valence-corrected chi connectivity index (χ0v) is 10.9. The van der Waals surface area contributed by atoms with Crippen LogP contribution in [0.3, 0.4) is 0 Å². The molecule has 0 aliphatic carbocycles. The highest BCUT2D eigenvalue weighted by molar-refractivity contribution is 7.20. The molecular formula is C14H16N2S. The van der Waals surface area contributed by atoms with Crippen LogP contribution in [0.2, 0.25) is 0 Å². The second-order valence-electron chi connectivity index (χ2n) is 4.34. The summed E-state index contributed by atoms with van der Waals surface area (Å²) in [5, 5.41) is 8.71. The zero-order valence-electron chi connectivity index (χ0n) is 10.1. The molecule has 0 atom stereocenters. The molecule has 17 heavy (non-hydrogen) atoms. The molecule has 0 aliphatic rings. The van der Waals surface area contributed by atoms with E-state index in [1.165, 1.54) is 21.2 Å². The first-order valence-corrected chi connectivity index (χ1v) is 6.39. The van der Waals surface area contributed by atoms with Gasteiger partial charge < -0.3 is 5.73 Å². The number of nitrogens with one attached hydrogen (secondary N) is 1. The third-order valence-electron chi connectivity index (χ3n) is 2.65. The molecule has 0 radical (unpaired) electrons. The number of rotatable bonds is 3. The normalized spacial score (nSPS) is 10.5. The van der Waals surface area contributed by atoms with Gasteiger partial charge in [0.05, 0.1) is 4.88 Å². The van der Waals surface area contributed by atoms with E-state index in [0.717, 1.165) is 11.3 Å². The van der Waals surface area contributed by atoms with Crippen molar-refractivity contribution in [3.05, 3.63) is 46.4 Å². The molecule has 3 heteroatoms. The number of hydrogen-bond acceptors (Lipinski definition) is 2. The fourth-order valence-corrected chi connectivity index (χ4v) is 2.72.